The fraction of sp³-hybridized carbons (Fsp3) is 0.917. The summed E-state index contributed by atoms with van der Waals surface area (Å²) in [5, 5.41) is 0. The van der Waals surface area contributed by atoms with E-state index in [0.717, 1.165) is 25.7 Å². The van der Waals surface area contributed by atoms with Crippen LogP contribution < -0.4 is 0 Å². The van der Waals surface area contributed by atoms with Crippen LogP contribution in [-0.4, -0.2) is 24.8 Å². The van der Waals surface area contributed by atoms with Crippen molar-refractivity contribution in [3.63, 3.8) is 0 Å². The minimum Gasteiger partial charge on any atom is -0.465 e. The van der Waals surface area contributed by atoms with Crippen molar-refractivity contribution in [1.82, 2.24) is 0 Å². The molecule has 15 heavy (non-hydrogen) atoms. The Morgan fingerprint density at radius 2 is 2.27 bits per heavy atom. The van der Waals surface area contributed by atoms with Crippen molar-refractivity contribution in [3.05, 3.63) is 0 Å². The molecule has 0 amide bonds. The van der Waals surface area contributed by atoms with Gasteiger partial charge in [0.2, 0.25) is 0 Å². The van der Waals surface area contributed by atoms with Crippen LogP contribution >= 0.6 is 0 Å². The van der Waals surface area contributed by atoms with Gasteiger partial charge in [-0.3, -0.25) is 4.79 Å². The lowest BCUT2D eigenvalue weighted by molar-refractivity contribution is -0.149. The summed E-state index contributed by atoms with van der Waals surface area (Å²) in [7, 11) is 0. The lowest BCUT2D eigenvalue weighted by Crippen LogP contribution is -2.22. The molecule has 86 valence electrons. The Morgan fingerprint density at radius 1 is 1.47 bits per heavy atom. The second-order valence-corrected chi connectivity index (χ2v) is 4.83. The first kappa shape index (κ1) is 10.9. The van der Waals surface area contributed by atoms with E-state index in [0.29, 0.717) is 24.7 Å². The summed E-state index contributed by atoms with van der Waals surface area (Å²) in [4.78, 5) is 11.5. The number of carbonyl (C=O) groups is 1. The number of hydrogen-bond acceptors (Lipinski definition) is 3. The molecule has 0 radical (unpaired) electrons. The van der Waals surface area contributed by atoms with E-state index in [1.807, 2.05) is 13.8 Å². The molecule has 1 aliphatic heterocycles. The highest BCUT2D eigenvalue weighted by molar-refractivity contribution is 5.71. The predicted octanol–water partition coefficient (Wildman–Crippen LogP) is 2.14. The van der Waals surface area contributed by atoms with E-state index >= 15 is 0 Å². The molecule has 1 aliphatic carbocycles. The van der Waals surface area contributed by atoms with E-state index in [1.165, 1.54) is 0 Å². The maximum absolute atomic E-state index is 11.5. The maximum atomic E-state index is 11.5. The number of fused-ring (bicyclic) bond motifs is 1. The zero-order valence-corrected chi connectivity index (χ0v) is 9.57. The van der Waals surface area contributed by atoms with Crippen LogP contribution in [0.5, 0.6) is 0 Å². The number of hydrogen-bond donors (Lipinski definition) is 0. The zero-order valence-electron chi connectivity index (χ0n) is 9.57. The molecule has 2 rings (SSSR count). The summed E-state index contributed by atoms with van der Waals surface area (Å²) in [6.45, 7) is 4.52. The average Bonchev–Trinajstić information content (AvgIpc) is 3.02. The fourth-order valence-electron chi connectivity index (χ4n) is 2.15. The fourth-order valence-corrected chi connectivity index (χ4v) is 2.15. The topological polar surface area (TPSA) is 38.8 Å². The highest BCUT2D eigenvalue weighted by atomic mass is 16.6. The third-order valence-corrected chi connectivity index (χ3v) is 3.59. The van der Waals surface area contributed by atoms with Gasteiger partial charge >= 0.3 is 5.97 Å². The van der Waals surface area contributed by atoms with E-state index in [2.05, 4.69) is 0 Å². The minimum absolute atomic E-state index is 0.0403. The molecule has 2 aliphatic rings. The van der Waals surface area contributed by atoms with E-state index < -0.39 is 0 Å². The highest BCUT2D eigenvalue weighted by Crippen LogP contribution is 2.39. The van der Waals surface area contributed by atoms with Crippen LogP contribution in [0, 0.1) is 11.8 Å². The first-order valence-electron chi connectivity index (χ1n) is 6.02. The average molecular weight is 212 g/mol. The molecule has 0 bridgehead atoms. The molecule has 0 spiro atoms. The predicted molar refractivity (Wildman–Crippen MR) is 56.4 cm³/mol. The van der Waals surface area contributed by atoms with Gasteiger partial charge in [0, 0.05) is 0 Å². The van der Waals surface area contributed by atoms with Crippen LogP contribution in [0.4, 0.5) is 0 Å². The number of ether oxygens (including phenoxy) is 2. The Kier molecular flexibility index (Phi) is 3.29. The molecule has 0 aromatic heterocycles. The van der Waals surface area contributed by atoms with Crippen LogP contribution in [0.15, 0.2) is 0 Å². The summed E-state index contributed by atoms with van der Waals surface area (Å²) >= 11 is 0. The van der Waals surface area contributed by atoms with Gasteiger partial charge in [0.25, 0.3) is 0 Å². The van der Waals surface area contributed by atoms with E-state index in [9.17, 15) is 4.79 Å². The Hall–Kier alpha value is -0.570. The van der Waals surface area contributed by atoms with Crippen LogP contribution in [0.1, 0.15) is 39.5 Å². The lowest BCUT2D eigenvalue weighted by atomic mass is 9.90. The van der Waals surface area contributed by atoms with Crippen LogP contribution in [0.3, 0.4) is 0 Å². The Balaban J connectivity index is 1.66. The Labute approximate surface area is 91.1 Å². The van der Waals surface area contributed by atoms with Gasteiger partial charge in [-0.05, 0) is 31.6 Å². The summed E-state index contributed by atoms with van der Waals surface area (Å²) in [6.07, 6.45) is 5.25. The van der Waals surface area contributed by atoms with Gasteiger partial charge in [-0.1, -0.05) is 13.8 Å². The largest absolute Gasteiger partial charge is 0.465 e. The molecule has 1 saturated carbocycles. The van der Waals surface area contributed by atoms with Crippen molar-refractivity contribution in [2.24, 2.45) is 11.8 Å². The molecule has 0 aromatic carbocycles. The third-order valence-electron chi connectivity index (χ3n) is 3.59. The van der Waals surface area contributed by atoms with Gasteiger partial charge in [-0.25, -0.2) is 0 Å². The molecule has 2 fully saturated rings. The molecule has 3 heteroatoms. The van der Waals surface area contributed by atoms with Crippen molar-refractivity contribution in [2.45, 2.75) is 51.7 Å². The van der Waals surface area contributed by atoms with Gasteiger partial charge in [-0.2, -0.15) is 0 Å². The molecule has 4 unspecified atom stereocenters. The number of esters is 1. The van der Waals surface area contributed by atoms with Crippen molar-refractivity contribution >= 4 is 5.97 Å². The van der Waals surface area contributed by atoms with E-state index in [4.69, 9.17) is 9.47 Å². The second-order valence-electron chi connectivity index (χ2n) is 4.83. The van der Waals surface area contributed by atoms with Crippen LogP contribution in [0.25, 0.3) is 0 Å². The minimum atomic E-state index is -0.0451. The van der Waals surface area contributed by atoms with Crippen LogP contribution in [-0.2, 0) is 14.3 Å². The first-order valence-corrected chi connectivity index (χ1v) is 6.02. The summed E-state index contributed by atoms with van der Waals surface area (Å²) in [6, 6.07) is 0. The van der Waals surface area contributed by atoms with E-state index in [1.54, 1.807) is 0 Å². The SMILES string of the molecule is CCC(C)C(=O)OCC1CCC2OC2C1. The first-order chi connectivity index (χ1) is 7.20. The van der Waals surface area contributed by atoms with Crippen molar-refractivity contribution in [3.8, 4) is 0 Å². The summed E-state index contributed by atoms with van der Waals surface area (Å²) in [5.74, 6) is 0.525. The number of carbonyl (C=O) groups excluding carboxylic acids is 1. The van der Waals surface area contributed by atoms with E-state index in [-0.39, 0.29) is 11.9 Å². The maximum Gasteiger partial charge on any atom is 0.308 e. The number of epoxide rings is 1. The summed E-state index contributed by atoms with van der Waals surface area (Å²) < 4.78 is 10.7. The molecule has 0 aromatic rings. The van der Waals surface area contributed by atoms with Crippen molar-refractivity contribution in [2.75, 3.05) is 6.61 Å². The van der Waals surface area contributed by atoms with Gasteiger partial charge in [0.15, 0.2) is 0 Å². The smallest absolute Gasteiger partial charge is 0.308 e. The molecule has 1 heterocycles. The lowest BCUT2D eigenvalue weighted by Gasteiger charge is -2.19. The van der Waals surface area contributed by atoms with Gasteiger partial charge in [-0.15, -0.1) is 0 Å². The monoisotopic (exact) mass is 212 g/mol. The number of rotatable bonds is 4. The molecule has 3 nitrogen and oxygen atoms in total. The van der Waals surface area contributed by atoms with Crippen molar-refractivity contribution in [1.29, 1.82) is 0 Å². The van der Waals surface area contributed by atoms with Crippen LogP contribution in [0.2, 0.25) is 0 Å². The van der Waals surface area contributed by atoms with Crippen molar-refractivity contribution < 1.29 is 14.3 Å². The Morgan fingerprint density at radius 3 is 2.93 bits per heavy atom. The Bertz CT molecular complexity index is 239. The quantitative estimate of drug-likeness (QED) is 0.529. The van der Waals surface area contributed by atoms with Gasteiger partial charge in [0.1, 0.15) is 0 Å². The standard InChI is InChI=1S/C12H20O3/c1-3-8(2)12(13)14-7-9-4-5-10-11(6-9)15-10/h8-11H,3-7H2,1-2H3. The molecule has 1 saturated heterocycles. The zero-order chi connectivity index (χ0) is 10.8. The highest BCUT2D eigenvalue weighted by Gasteiger charge is 2.44. The van der Waals surface area contributed by atoms with Gasteiger partial charge < -0.3 is 9.47 Å². The normalized spacial score (nSPS) is 35.5. The second kappa shape index (κ2) is 4.52. The molecule has 0 N–H and O–H groups in total. The molecule has 4 atom stereocenters. The molecular weight excluding hydrogens is 192 g/mol. The third kappa shape index (κ3) is 2.71. The summed E-state index contributed by atoms with van der Waals surface area (Å²) in [5.41, 5.74) is 0. The van der Waals surface area contributed by atoms with Gasteiger partial charge in [0.05, 0.1) is 24.7 Å². The molecular formula is C12H20O3.